The van der Waals surface area contributed by atoms with Crippen LogP contribution in [-0.4, -0.2) is 61.7 Å². The van der Waals surface area contributed by atoms with E-state index in [0.717, 1.165) is 51.5 Å². The van der Waals surface area contributed by atoms with Crippen LogP contribution in [0.3, 0.4) is 0 Å². The second-order valence-corrected chi connectivity index (χ2v) is 7.61. The highest BCUT2D eigenvalue weighted by Gasteiger charge is 2.42. The summed E-state index contributed by atoms with van der Waals surface area (Å²) in [6.07, 6.45) is 3.13. The molecule has 0 unspecified atom stereocenters. The van der Waals surface area contributed by atoms with E-state index in [1.807, 2.05) is 17.0 Å². The van der Waals surface area contributed by atoms with Crippen molar-refractivity contribution in [2.24, 2.45) is 11.8 Å². The Kier molecular flexibility index (Phi) is 4.95. The molecule has 3 saturated heterocycles. The largest absolute Gasteiger partial charge is 0.497 e. The third-order valence-electron chi connectivity index (χ3n) is 6.03. The lowest BCUT2D eigenvalue weighted by Crippen LogP contribution is -2.45. The predicted octanol–water partition coefficient (Wildman–Crippen LogP) is 2.15. The maximum atomic E-state index is 11.9. The zero-order chi connectivity index (χ0) is 17.2. The number of amides is 1. The quantitative estimate of drug-likeness (QED) is 0.821. The molecular formula is C20H28N2O3. The molecule has 0 aliphatic carbocycles. The SMILES string of the molecule is COc1ccc(CN2CC[C@H]3CO[C@H](CN4CCCC4=O)[C@H]3C2)cc1. The smallest absolute Gasteiger partial charge is 0.222 e. The van der Waals surface area contributed by atoms with Gasteiger partial charge in [0.2, 0.25) is 5.91 Å². The number of piperidine rings is 1. The Balaban J connectivity index is 1.36. The maximum Gasteiger partial charge on any atom is 0.222 e. The lowest BCUT2D eigenvalue weighted by molar-refractivity contribution is -0.129. The van der Waals surface area contributed by atoms with Crippen LogP contribution in [0.1, 0.15) is 24.8 Å². The number of fused-ring (bicyclic) bond motifs is 1. The molecular weight excluding hydrogens is 316 g/mol. The molecule has 0 bridgehead atoms. The van der Waals surface area contributed by atoms with Gasteiger partial charge in [0.15, 0.2) is 0 Å². The average Bonchev–Trinajstić information content (AvgIpc) is 3.22. The number of methoxy groups -OCH3 is 1. The van der Waals surface area contributed by atoms with E-state index in [0.29, 0.717) is 24.2 Å². The summed E-state index contributed by atoms with van der Waals surface area (Å²) >= 11 is 0. The third kappa shape index (κ3) is 3.67. The minimum Gasteiger partial charge on any atom is -0.497 e. The molecule has 0 N–H and O–H groups in total. The summed E-state index contributed by atoms with van der Waals surface area (Å²) in [5, 5.41) is 0. The van der Waals surface area contributed by atoms with Gasteiger partial charge in [0.05, 0.1) is 19.8 Å². The second kappa shape index (κ2) is 7.34. The van der Waals surface area contributed by atoms with Crippen LogP contribution in [0.5, 0.6) is 5.75 Å². The van der Waals surface area contributed by atoms with Gasteiger partial charge in [0.1, 0.15) is 5.75 Å². The topological polar surface area (TPSA) is 42.0 Å². The van der Waals surface area contributed by atoms with Crippen LogP contribution in [-0.2, 0) is 16.1 Å². The number of carbonyl (C=O) groups excluding carboxylic acids is 1. The minimum absolute atomic E-state index is 0.214. The Morgan fingerprint density at radius 2 is 2.08 bits per heavy atom. The molecule has 3 fully saturated rings. The Morgan fingerprint density at radius 3 is 2.80 bits per heavy atom. The molecule has 3 atom stereocenters. The molecule has 4 rings (SSSR count). The first kappa shape index (κ1) is 16.9. The molecule has 3 aliphatic rings. The van der Waals surface area contributed by atoms with Gasteiger partial charge in [-0.15, -0.1) is 0 Å². The van der Waals surface area contributed by atoms with Crippen LogP contribution < -0.4 is 4.74 Å². The fraction of sp³-hybridized carbons (Fsp3) is 0.650. The Labute approximate surface area is 149 Å². The normalized spacial score (nSPS) is 29.9. The van der Waals surface area contributed by atoms with Gasteiger partial charge < -0.3 is 14.4 Å². The fourth-order valence-electron chi connectivity index (χ4n) is 4.53. The van der Waals surface area contributed by atoms with E-state index in [1.54, 1.807) is 7.11 Å². The first-order valence-corrected chi connectivity index (χ1v) is 9.47. The number of hydrogen-bond acceptors (Lipinski definition) is 4. The summed E-state index contributed by atoms with van der Waals surface area (Å²) in [5.41, 5.74) is 1.32. The zero-order valence-corrected chi connectivity index (χ0v) is 15.0. The van der Waals surface area contributed by atoms with Crippen LogP contribution in [0, 0.1) is 11.8 Å². The molecule has 25 heavy (non-hydrogen) atoms. The lowest BCUT2D eigenvalue weighted by atomic mass is 9.84. The zero-order valence-electron chi connectivity index (χ0n) is 15.0. The van der Waals surface area contributed by atoms with Crippen molar-refractivity contribution in [3.05, 3.63) is 29.8 Å². The standard InChI is InChI=1S/C20H28N2O3/c1-24-17-6-4-15(5-7-17)11-21-10-8-16-14-25-19(18(16)12-21)13-22-9-2-3-20(22)23/h4-7,16,18-19H,2-3,8-14H2,1H3/t16-,18-,19+/m0/s1. The third-order valence-corrected chi connectivity index (χ3v) is 6.03. The van der Waals surface area contributed by atoms with Crippen molar-refractivity contribution in [3.8, 4) is 5.75 Å². The summed E-state index contributed by atoms with van der Waals surface area (Å²) in [6.45, 7) is 5.74. The Morgan fingerprint density at radius 1 is 1.24 bits per heavy atom. The van der Waals surface area contributed by atoms with Crippen molar-refractivity contribution in [3.63, 3.8) is 0 Å². The van der Waals surface area contributed by atoms with Gasteiger partial charge in [-0.1, -0.05) is 12.1 Å². The van der Waals surface area contributed by atoms with Crippen molar-refractivity contribution < 1.29 is 14.3 Å². The molecule has 0 spiro atoms. The minimum atomic E-state index is 0.214. The predicted molar refractivity (Wildman–Crippen MR) is 95.4 cm³/mol. The van der Waals surface area contributed by atoms with Crippen LogP contribution in [0.4, 0.5) is 0 Å². The van der Waals surface area contributed by atoms with Crippen molar-refractivity contribution in [2.45, 2.75) is 31.9 Å². The number of likely N-dealkylation sites (tertiary alicyclic amines) is 2. The van der Waals surface area contributed by atoms with Crippen LogP contribution >= 0.6 is 0 Å². The van der Waals surface area contributed by atoms with E-state index in [4.69, 9.17) is 9.47 Å². The molecule has 1 amide bonds. The van der Waals surface area contributed by atoms with Gasteiger partial charge in [-0.2, -0.15) is 0 Å². The highest BCUT2D eigenvalue weighted by atomic mass is 16.5. The molecule has 5 nitrogen and oxygen atoms in total. The number of nitrogens with zero attached hydrogens (tertiary/aromatic N) is 2. The second-order valence-electron chi connectivity index (χ2n) is 7.61. The first-order valence-electron chi connectivity index (χ1n) is 9.47. The van der Waals surface area contributed by atoms with Crippen molar-refractivity contribution in [1.29, 1.82) is 0 Å². The molecule has 1 aromatic rings. The summed E-state index contributed by atoms with van der Waals surface area (Å²) < 4.78 is 11.3. The monoisotopic (exact) mass is 344 g/mol. The summed E-state index contributed by atoms with van der Waals surface area (Å²) in [7, 11) is 1.70. The molecule has 1 aromatic carbocycles. The number of carbonyl (C=O) groups is 1. The summed E-state index contributed by atoms with van der Waals surface area (Å²) in [4.78, 5) is 16.5. The van der Waals surface area contributed by atoms with Crippen molar-refractivity contribution in [2.75, 3.05) is 39.9 Å². The van der Waals surface area contributed by atoms with Crippen LogP contribution in [0.15, 0.2) is 24.3 Å². The van der Waals surface area contributed by atoms with Crippen molar-refractivity contribution in [1.82, 2.24) is 9.80 Å². The van der Waals surface area contributed by atoms with E-state index in [2.05, 4.69) is 17.0 Å². The van der Waals surface area contributed by atoms with Crippen LogP contribution in [0.25, 0.3) is 0 Å². The van der Waals surface area contributed by atoms with E-state index >= 15 is 0 Å². The number of benzene rings is 1. The highest BCUT2D eigenvalue weighted by molar-refractivity contribution is 5.78. The summed E-state index contributed by atoms with van der Waals surface area (Å²) in [5.74, 6) is 2.43. The van der Waals surface area contributed by atoms with E-state index in [1.165, 1.54) is 12.0 Å². The Bertz CT molecular complexity index is 603. The van der Waals surface area contributed by atoms with Gasteiger partial charge in [-0.25, -0.2) is 0 Å². The molecule has 0 saturated carbocycles. The number of rotatable bonds is 5. The van der Waals surface area contributed by atoms with Gasteiger partial charge in [0, 0.05) is 38.5 Å². The van der Waals surface area contributed by atoms with E-state index < -0.39 is 0 Å². The molecule has 0 radical (unpaired) electrons. The molecule has 5 heteroatoms. The van der Waals surface area contributed by atoms with Gasteiger partial charge in [-0.05, 0) is 43.0 Å². The molecule has 136 valence electrons. The average molecular weight is 344 g/mol. The van der Waals surface area contributed by atoms with E-state index in [-0.39, 0.29) is 6.10 Å². The van der Waals surface area contributed by atoms with Gasteiger partial charge in [0.25, 0.3) is 0 Å². The fourth-order valence-corrected chi connectivity index (χ4v) is 4.53. The first-order chi connectivity index (χ1) is 12.2. The maximum absolute atomic E-state index is 11.9. The number of hydrogen-bond donors (Lipinski definition) is 0. The summed E-state index contributed by atoms with van der Waals surface area (Å²) in [6, 6.07) is 8.36. The number of ether oxygens (including phenoxy) is 2. The van der Waals surface area contributed by atoms with Crippen LogP contribution in [0.2, 0.25) is 0 Å². The molecule has 0 aromatic heterocycles. The van der Waals surface area contributed by atoms with Gasteiger partial charge in [-0.3, -0.25) is 9.69 Å². The molecule has 3 heterocycles. The highest BCUT2D eigenvalue weighted by Crippen LogP contribution is 2.35. The van der Waals surface area contributed by atoms with E-state index in [9.17, 15) is 4.79 Å². The van der Waals surface area contributed by atoms with Crippen molar-refractivity contribution >= 4 is 5.91 Å². The lowest BCUT2D eigenvalue weighted by Gasteiger charge is -2.36. The Hall–Kier alpha value is -1.59. The van der Waals surface area contributed by atoms with Gasteiger partial charge >= 0.3 is 0 Å². The molecule has 3 aliphatic heterocycles.